The third-order valence-corrected chi connectivity index (χ3v) is 4.01. The highest BCUT2D eigenvalue weighted by Gasteiger charge is 2.12. The molecule has 1 aromatic heterocycles. The largest absolute Gasteiger partial charge is 0.368 e. The van der Waals surface area contributed by atoms with E-state index in [4.69, 9.17) is 5.73 Å². The van der Waals surface area contributed by atoms with Crippen LogP contribution in [0.25, 0.3) is 22.0 Å². The molecule has 0 bridgehead atoms. The predicted molar refractivity (Wildman–Crippen MR) is 96.6 cm³/mol. The third kappa shape index (κ3) is 3.17. The maximum absolute atomic E-state index is 5.56. The quantitative estimate of drug-likeness (QED) is 0.706. The van der Waals surface area contributed by atoms with Crippen LogP contribution in [-0.2, 0) is 0 Å². The fraction of sp³-hybridized carbons (Fsp3) is 0.263. The first kappa shape index (κ1) is 15.4. The summed E-state index contributed by atoms with van der Waals surface area (Å²) < 4.78 is 0. The van der Waals surface area contributed by atoms with Gasteiger partial charge in [0.2, 0.25) is 0 Å². The second-order valence-corrected chi connectivity index (χ2v) is 5.83. The minimum absolute atomic E-state index is 0.666. The Morgan fingerprint density at radius 3 is 2.57 bits per heavy atom. The summed E-state index contributed by atoms with van der Waals surface area (Å²) in [4.78, 5) is 0. The summed E-state index contributed by atoms with van der Waals surface area (Å²) in [5.74, 6) is 0.822. The molecule has 4 heteroatoms. The van der Waals surface area contributed by atoms with Crippen molar-refractivity contribution < 1.29 is 0 Å². The number of aromatic nitrogens is 2. The molecule has 0 atom stereocenters. The molecule has 0 saturated heterocycles. The van der Waals surface area contributed by atoms with Crippen molar-refractivity contribution in [3.8, 4) is 11.3 Å². The molecule has 3 aromatic rings. The number of hydrogen-bond acceptors (Lipinski definition) is 4. The summed E-state index contributed by atoms with van der Waals surface area (Å²) in [7, 11) is 0. The zero-order valence-electron chi connectivity index (χ0n) is 13.6. The molecule has 2 aromatic carbocycles. The molecule has 0 unspecified atom stereocenters. The summed E-state index contributed by atoms with van der Waals surface area (Å²) in [6.07, 6.45) is 0.911. The summed E-state index contributed by atoms with van der Waals surface area (Å²) in [6.45, 7) is 5.68. The Hall–Kier alpha value is -2.46. The first-order valence-corrected chi connectivity index (χ1v) is 7.97. The molecular formula is C19H22N4. The average molecular weight is 306 g/mol. The molecular weight excluding hydrogens is 284 g/mol. The van der Waals surface area contributed by atoms with Gasteiger partial charge in [0.05, 0.1) is 0 Å². The van der Waals surface area contributed by atoms with E-state index in [9.17, 15) is 0 Å². The molecule has 0 amide bonds. The van der Waals surface area contributed by atoms with E-state index in [0.717, 1.165) is 40.8 Å². The molecule has 3 N–H and O–H groups in total. The van der Waals surface area contributed by atoms with Gasteiger partial charge in [0.15, 0.2) is 5.82 Å². The molecule has 118 valence electrons. The monoisotopic (exact) mass is 306 g/mol. The van der Waals surface area contributed by atoms with Crippen molar-refractivity contribution in [1.82, 2.24) is 10.2 Å². The Balaban J connectivity index is 2.13. The maximum atomic E-state index is 5.56. The van der Waals surface area contributed by atoms with Crippen molar-refractivity contribution in [2.24, 2.45) is 5.73 Å². The second kappa shape index (κ2) is 6.75. The van der Waals surface area contributed by atoms with Crippen LogP contribution in [0.3, 0.4) is 0 Å². The van der Waals surface area contributed by atoms with E-state index in [1.165, 1.54) is 11.1 Å². The van der Waals surface area contributed by atoms with Crippen LogP contribution >= 0.6 is 0 Å². The molecule has 3 rings (SSSR count). The Bertz CT molecular complexity index is 827. The van der Waals surface area contributed by atoms with Crippen LogP contribution in [0.5, 0.6) is 0 Å². The van der Waals surface area contributed by atoms with Crippen LogP contribution in [0.15, 0.2) is 42.5 Å². The molecule has 0 saturated carbocycles. The number of hydrogen-bond donors (Lipinski definition) is 2. The average Bonchev–Trinajstić information content (AvgIpc) is 2.57. The van der Waals surface area contributed by atoms with Crippen LogP contribution in [0, 0.1) is 13.8 Å². The standard InChI is InChI=1S/C19H22N4/c1-13-8-9-14(2)17(12-13)18-15-6-3-4-7-16(15)19(23-22-18)21-11-5-10-20/h3-4,6-9,12H,5,10-11,20H2,1-2H3,(H,21,23). The fourth-order valence-corrected chi connectivity index (χ4v) is 2.73. The Morgan fingerprint density at radius 2 is 1.78 bits per heavy atom. The van der Waals surface area contributed by atoms with E-state index in [1.807, 2.05) is 12.1 Å². The molecule has 0 spiro atoms. The predicted octanol–water partition coefficient (Wildman–Crippen LogP) is 3.67. The molecule has 0 aliphatic heterocycles. The first-order chi connectivity index (χ1) is 11.2. The van der Waals surface area contributed by atoms with Crippen LogP contribution in [0.2, 0.25) is 0 Å². The second-order valence-electron chi connectivity index (χ2n) is 5.83. The van der Waals surface area contributed by atoms with Gasteiger partial charge in [-0.15, -0.1) is 10.2 Å². The smallest absolute Gasteiger partial charge is 0.156 e. The minimum Gasteiger partial charge on any atom is -0.368 e. The summed E-state index contributed by atoms with van der Waals surface area (Å²) in [5.41, 5.74) is 10.1. The highest BCUT2D eigenvalue weighted by atomic mass is 15.2. The summed E-state index contributed by atoms with van der Waals surface area (Å²) in [5, 5.41) is 14.5. The summed E-state index contributed by atoms with van der Waals surface area (Å²) in [6, 6.07) is 14.7. The first-order valence-electron chi connectivity index (χ1n) is 7.97. The highest BCUT2D eigenvalue weighted by molar-refractivity contribution is 6.00. The lowest BCUT2D eigenvalue weighted by Crippen LogP contribution is -2.10. The van der Waals surface area contributed by atoms with Crippen molar-refractivity contribution >= 4 is 16.6 Å². The zero-order valence-corrected chi connectivity index (χ0v) is 13.6. The number of nitrogens with two attached hydrogens (primary N) is 1. The number of rotatable bonds is 5. The van der Waals surface area contributed by atoms with Gasteiger partial charge in [-0.2, -0.15) is 0 Å². The van der Waals surface area contributed by atoms with Gasteiger partial charge in [-0.1, -0.05) is 42.0 Å². The molecule has 0 fully saturated rings. The Kier molecular flexibility index (Phi) is 4.53. The van der Waals surface area contributed by atoms with Gasteiger partial charge in [0.1, 0.15) is 5.69 Å². The minimum atomic E-state index is 0.666. The number of aryl methyl sites for hydroxylation is 2. The lowest BCUT2D eigenvalue weighted by atomic mass is 9.99. The van der Waals surface area contributed by atoms with Crippen LogP contribution in [0.1, 0.15) is 17.5 Å². The molecule has 0 aliphatic carbocycles. The van der Waals surface area contributed by atoms with Gasteiger partial charge in [0.25, 0.3) is 0 Å². The fourth-order valence-electron chi connectivity index (χ4n) is 2.73. The Morgan fingerprint density at radius 1 is 1.00 bits per heavy atom. The van der Waals surface area contributed by atoms with E-state index in [1.54, 1.807) is 0 Å². The van der Waals surface area contributed by atoms with Crippen LogP contribution in [0.4, 0.5) is 5.82 Å². The van der Waals surface area contributed by atoms with Crippen molar-refractivity contribution in [2.75, 3.05) is 18.4 Å². The van der Waals surface area contributed by atoms with Gasteiger partial charge < -0.3 is 11.1 Å². The number of nitrogens with zero attached hydrogens (tertiary/aromatic N) is 2. The summed E-state index contributed by atoms with van der Waals surface area (Å²) >= 11 is 0. The van der Waals surface area contributed by atoms with Gasteiger partial charge in [-0.05, 0) is 38.4 Å². The van der Waals surface area contributed by atoms with Crippen LogP contribution in [-0.4, -0.2) is 23.3 Å². The molecule has 4 nitrogen and oxygen atoms in total. The topological polar surface area (TPSA) is 63.8 Å². The highest BCUT2D eigenvalue weighted by Crippen LogP contribution is 2.31. The normalized spacial score (nSPS) is 10.9. The van der Waals surface area contributed by atoms with Crippen LogP contribution < -0.4 is 11.1 Å². The van der Waals surface area contributed by atoms with Crippen molar-refractivity contribution in [3.63, 3.8) is 0 Å². The Labute approximate surface area is 136 Å². The lowest BCUT2D eigenvalue weighted by molar-refractivity contribution is 0.866. The van der Waals surface area contributed by atoms with Gasteiger partial charge >= 0.3 is 0 Å². The van der Waals surface area contributed by atoms with E-state index >= 15 is 0 Å². The van der Waals surface area contributed by atoms with E-state index < -0.39 is 0 Å². The molecule has 0 radical (unpaired) electrons. The molecule has 23 heavy (non-hydrogen) atoms. The van der Waals surface area contributed by atoms with E-state index in [2.05, 4.69) is 59.7 Å². The molecule has 1 heterocycles. The van der Waals surface area contributed by atoms with Crippen molar-refractivity contribution in [3.05, 3.63) is 53.6 Å². The SMILES string of the molecule is Cc1ccc(C)c(-c2nnc(NCCCN)c3ccccc23)c1. The zero-order chi connectivity index (χ0) is 16.2. The maximum Gasteiger partial charge on any atom is 0.156 e. The third-order valence-electron chi connectivity index (χ3n) is 4.01. The van der Waals surface area contributed by atoms with Gasteiger partial charge in [-0.25, -0.2) is 0 Å². The number of anilines is 1. The number of benzene rings is 2. The van der Waals surface area contributed by atoms with Gasteiger partial charge in [0, 0.05) is 22.9 Å². The number of nitrogens with one attached hydrogen (secondary N) is 1. The molecule has 0 aliphatic rings. The van der Waals surface area contributed by atoms with Crippen molar-refractivity contribution in [1.29, 1.82) is 0 Å². The lowest BCUT2D eigenvalue weighted by Gasteiger charge is -2.12. The van der Waals surface area contributed by atoms with E-state index in [-0.39, 0.29) is 0 Å². The van der Waals surface area contributed by atoms with Crippen molar-refractivity contribution in [2.45, 2.75) is 20.3 Å². The number of fused-ring (bicyclic) bond motifs is 1. The van der Waals surface area contributed by atoms with Gasteiger partial charge in [-0.3, -0.25) is 0 Å². The van der Waals surface area contributed by atoms with E-state index in [0.29, 0.717) is 6.54 Å².